The van der Waals surface area contributed by atoms with E-state index in [1.54, 1.807) is 48.5 Å². The quantitative estimate of drug-likeness (QED) is 0.539. The van der Waals surface area contributed by atoms with Gasteiger partial charge in [-0.3, -0.25) is 9.11 Å². The van der Waals surface area contributed by atoms with Crippen molar-refractivity contribution in [2.75, 3.05) is 0 Å². The first-order valence-corrected chi connectivity index (χ1v) is 6.36. The van der Waals surface area contributed by atoms with Gasteiger partial charge in [0.1, 0.15) is 11.5 Å². The van der Waals surface area contributed by atoms with Crippen molar-refractivity contribution in [3.63, 3.8) is 0 Å². The average Bonchev–Trinajstić information content (AvgIpc) is 2.29. The van der Waals surface area contributed by atoms with Crippen LogP contribution in [0, 0.1) is 0 Å². The molecule has 0 spiro atoms. The zero-order valence-electron chi connectivity index (χ0n) is 10.3. The summed E-state index contributed by atoms with van der Waals surface area (Å²) in [5.74, 6) is 0.644. The van der Waals surface area contributed by atoms with Gasteiger partial charge in [-0.05, 0) is 24.3 Å². The summed E-state index contributed by atoms with van der Waals surface area (Å²) in [5, 5.41) is 17.3. The van der Waals surface area contributed by atoms with Crippen LogP contribution in [0.25, 0.3) is 0 Å². The van der Waals surface area contributed by atoms with E-state index in [1.807, 2.05) is 12.1 Å². The lowest BCUT2D eigenvalue weighted by Crippen LogP contribution is -1.89. The van der Waals surface area contributed by atoms with Crippen LogP contribution in [0.1, 0.15) is 0 Å². The predicted molar refractivity (Wildman–Crippen MR) is 74.0 cm³/mol. The highest BCUT2D eigenvalue weighted by atomic mass is 32.3. The molecule has 0 unspecified atom stereocenters. The highest BCUT2D eigenvalue weighted by Gasteiger charge is 1.84. The monoisotopic (exact) mass is 304 g/mol. The Labute approximate surface area is 116 Å². The van der Waals surface area contributed by atoms with Crippen LogP contribution in [0.4, 0.5) is 0 Å². The molecule has 2 rings (SSSR count). The van der Waals surface area contributed by atoms with E-state index in [0.29, 0.717) is 11.5 Å². The predicted octanol–water partition coefficient (Wildman–Crippen LogP) is 1.31. The number of phenols is 2. The van der Waals surface area contributed by atoms with Crippen molar-refractivity contribution in [3.8, 4) is 11.5 Å². The van der Waals surface area contributed by atoms with Gasteiger partial charge >= 0.3 is 10.4 Å². The van der Waals surface area contributed by atoms with Crippen LogP contribution < -0.4 is 0 Å². The Kier molecular flexibility index (Phi) is 10.9. The smallest absolute Gasteiger partial charge is 0.394 e. The minimum Gasteiger partial charge on any atom is -0.508 e. The minimum atomic E-state index is -4.67. The summed E-state index contributed by atoms with van der Waals surface area (Å²) in [6.45, 7) is 0. The third kappa shape index (κ3) is 18.2. The van der Waals surface area contributed by atoms with Crippen LogP contribution >= 0.6 is 0 Å². The molecule has 112 valence electrons. The Morgan fingerprint density at radius 2 is 0.850 bits per heavy atom. The normalized spacial score (nSPS) is 8.90. The van der Waals surface area contributed by atoms with Crippen molar-refractivity contribution in [1.82, 2.24) is 0 Å². The molecule has 2 aromatic carbocycles. The molecular formula is C12H16O7S. The van der Waals surface area contributed by atoms with E-state index in [-0.39, 0.29) is 5.48 Å². The van der Waals surface area contributed by atoms with Gasteiger partial charge in [0.2, 0.25) is 0 Å². The largest absolute Gasteiger partial charge is 0.508 e. The number of phenolic OH excluding ortho intramolecular Hbond substituents is 2. The molecule has 2 aromatic rings. The van der Waals surface area contributed by atoms with Crippen molar-refractivity contribution in [1.29, 1.82) is 0 Å². The number of rotatable bonds is 0. The third-order valence-electron chi connectivity index (χ3n) is 1.51. The molecule has 0 atom stereocenters. The number of hydrogen-bond donors (Lipinski definition) is 4. The Morgan fingerprint density at radius 3 is 0.950 bits per heavy atom. The standard InChI is InChI=1S/2C6H6O.H2O4S.H2O/c2*7-6-4-2-1-3-5-6;1-5(2,3)4;/h2*1-5,7H;(H2,1,2,3,4);1H2. The zero-order valence-corrected chi connectivity index (χ0v) is 11.1. The lowest BCUT2D eigenvalue weighted by molar-refractivity contribution is 0.381. The van der Waals surface area contributed by atoms with Gasteiger partial charge in [-0.15, -0.1) is 0 Å². The molecule has 0 heterocycles. The second-order valence-corrected chi connectivity index (χ2v) is 4.01. The first-order valence-electron chi connectivity index (χ1n) is 4.97. The van der Waals surface area contributed by atoms with E-state index in [4.69, 9.17) is 27.7 Å². The fraction of sp³-hybridized carbons (Fsp3) is 0. The third-order valence-corrected chi connectivity index (χ3v) is 1.51. The Balaban J connectivity index is 0. The molecule has 20 heavy (non-hydrogen) atoms. The molecule has 0 radical (unpaired) electrons. The van der Waals surface area contributed by atoms with Crippen LogP contribution in [0.15, 0.2) is 60.7 Å². The van der Waals surface area contributed by atoms with E-state index < -0.39 is 10.4 Å². The topological polar surface area (TPSA) is 147 Å². The SMILES string of the molecule is O.O=S(=O)(O)O.Oc1ccccc1.Oc1ccccc1. The molecule has 6 N–H and O–H groups in total. The van der Waals surface area contributed by atoms with Gasteiger partial charge in [0.15, 0.2) is 0 Å². The lowest BCUT2D eigenvalue weighted by Gasteiger charge is -1.82. The molecule has 0 aromatic heterocycles. The number of aromatic hydroxyl groups is 2. The van der Waals surface area contributed by atoms with E-state index >= 15 is 0 Å². The van der Waals surface area contributed by atoms with Crippen LogP contribution in [0.3, 0.4) is 0 Å². The zero-order chi connectivity index (χ0) is 14.7. The summed E-state index contributed by atoms with van der Waals surface area (Å²) in [4.78, 5) is 0. The summed E-state index contributed by atoms with van der Waals surface area (Å²) < 4.78 is 31.6. The molecule has 0 aliphatic heterocycles. The summed E-state index contributed by atoms with van der Waals surface area (Å²) in [6.07, 6.45) is 0. The van der Waals surface area contributed by atoms with Gasteiger partial charge in [-0.2, -0.15) is 8.42 Å². The summed E-state index contributed by atoms with van der Waals surface area (Å²) in [5.41, 5.74) is 0. The van der Waals surface area contributed by atoms with Gasteiger partial charge in [-0.25, -0.2) is 0 Å². The Hall–Kier alpha value is -2.13. The molecule has 0 saturated heterocycles. The fourth-order valence-electron chi connectivity index (χ4n) is 0.856. The van der Waals surface area contributed by atoms with Gasteiger partial charge in [0.25, 0.3) is 0 Å². The maximum Gasteiger partial charge on any atom is 0.394 e. The van der Waals surface area contributed by atoms with Gasteiger partial charge in [0, 0.05) is 0 Å². The number of hydrogen-bond acceptors (Lipinski definition) is 4. The molecule has 0 saturated carbocycles. The van der Waals surface area contributed by atoms with Crippen molar-refractivity contribution in [2.45, 2.75) is 0 Å². The van der Waals surface area contributed by atoms with Crippen molar-refractivity contribution < 1.29 is 33.2 Å². The van der Waals surface area contributed by atoms with Crippen LogP contribution in [-0.2, 0) is 10.4 Å². The fourth-order valence-corrected chi connectivity index (χ4v) is 0.856. The molecule has 0 bridgehead atoms. The van der Waals surface area contributed by atoms with E-state index in [0.717, 1.165) is 0 Å². The highest BCUT2D eigenvalue weighted by Crippen LogP contribution is 2.03. The van der Waals surface area contributed by atoms with Crippen LogP contribution in [0.2, 0.25) is 0 Å². The second-order valence-electron chi connectivity index (χ2n) is 3.12. The maximum absolute atomic E-state index is 8.74. The molecule has 0 amide bonds. The second kappa shape index (κ2) is 10.8. The minimum absolute atomic E-state index is 0. The summed E-state index contributed by atoms with van der Waals surface area (Å²) in [7, 11) is -4.67. The Morgan fingerprint density at radius 1 is 0.650 bits per heavy atom. The van der Waals surface area contributed by atoms with Crippen molar-refractivity contribution in [2.24, 2.45) is 0 Å². The van der Waals surface area contributed by atoms with Gasteiger partial charge in [-0.1, -0.05) is 36.4 Å². The highest BCUT2D eigenvalue weighted by molar-refractivity contribution is 7.79. The molecular weight excluding hydrogens is 288 g/mol. The summed E-state index contributed by atoms with van der Waals surface area (Å²) >= 11 is 0. The van der Waals surface area contributed by atoms with Crippen LogP contribution in [0.5, 0.6) is 11.5 Å². The molecule has 0 aliphatic rings. The van der Waals surface area contributed by atoms with Gasteiger partial charge < -0.3 is 15.7 Å². The first-order chi connectivity index (χ1) is 8.79. The van der Waals surface area contributed by atoms with Crippen molar-refractivity contribution >= 4 is 10.4 Å². The van der Waals surface area contributed by atoms with E-state index in [1.165, 1.54) is 0 Å². The van der Waals surface area contributed by atoms with E-state index in [9.17, 15) is 0 Å². The molecule has 0 aliphatic carbocycles. The number of benzene rings is 2. The summed E-state index contributed by atoms with van der Waals surface area (Å²) in [6, 6.07) is 17.4. The first kappa shape index (κ1) is 20.2. The maximum atomic E-state index is 8.74. The molecule has 0 fully saturated rings. The molecule has 8 heteroatoms. The Bertz CT molecular complexity index is 495. The number of para-hydroxylation sites is 2. The van der Waals surface area contributed by atoms with Crippen molar-refractivity contribution in [3.05, 3.63) is 60.7 Å². The average molecular weight is 304 g/mol. The van der Waals surface area contributed by atoms with Gasteiger partial charge in [0.05, 0.1) is 0 Å². The lowest BCUT2D eigenvalue weighted by atomic mass is 10.3. The molecule has 7 nitrogen and oxygen atoms in total. The van der Waals surface area contributed by atoms with Crippen LogP contribution in [-0.4, -0.2) is 33.2 Å². The van der Waals surface area contributed by atoms with E-state index in [2.05, 4.69) is 0 Å².